The molecule has 0 aromatic rings. The first-order valence-electron chi connectivity index (χ1n) is 22.6. The maximum absolute atomic E-state index is 13.3. The molecule has 1 aliphatic rings. The van der Waals surface area contributed by atoms with Crippen molar-refractivity contribution in [3.8, 4) is 0 Å². The molecule has 1 rings (SSSR count). The Bertz CT molecular complexity index is 890. The number of carbonyl (C=O) groups excluding carboxylic acids is 3. The lowest BCUT2D eigenvalue weighted by atomic mass is 9.87. The molecule has 7 heteroatoms. The lowest BCUT2D eigenvalue weighted by molar-refractivity contribution is -0.156. The summed E-state index contributed by atoms with van der Waals surface area (Å²) in [7, 11) is 0. The Morgan fingerprint density at radius 2 is 0.962 bits per heavy atom. The second-order valence-corrected chi connectivity index (χ2v) is 20.1. The summed E-state index contributed by atoms with van der Waals surface area (Å²) >= 11 is 3.09. The van der Waals surface area contributed by atoms with Gasteiger partial charge in [-0.05, 0) is 91.1 Å². The van der Waals surface area contributed by atoms with Crippen LogP contribution in [-0.2, 0) is 19.1 Å². The van der Waals surface area contributed by atoms with Crippen LogP contribution in [0.3, 0.4) is 0 Å². The summed E-state index contributed by atoms with van der Waals surface area (Å²) in [6, 6.07) is 0.521. The number of unbranched alkanes of at least 4 members (excludes halogenated alkanes) is 16. The highest BCUT2D eigenvalue weighted by atomic mass is 32.2. The van der Waals surface area contributed by atoms with Crippen molar-refractivity contribution in [3.63, 3.8) is 0 Å². The number of nitrogens with zero attached hydrogens (tertiary/aromatic N) is 1. The maximum atomic E-state index is 13.3. The van der Waals surface area contributed by atoms with E-state index in [1.165, 1.54) is 77.0 Å². The Kier molecular flexibility index (Phi) is 29.1. The van der Waals surface area contributed by atoms with Gasteiger partial charge in [0.15, 0.2) is 10.2 Å². The molecule has 5 nitrogen and oxygen atoms in total. The molecule has 0 spiro atoms. The minimum Gasteiger partial charge on any atom is -0.462 e. The zero-order valence-corrected chi connectivity index (χ0v) is 38.0. The van der Waals surface area contributed by atoms with E-state index in [4.69, 9.17) is 4.74 Å². The normalized spacial score (nSPS) is 14.8. The van der Waals surface area contributed by atoms with Crippen LogP contribution in [0.25, 0.3) is 0 Å². The van der Waals surface area contributed by atoms with Crippen molar-refractivity contribution in [2.45, 2.75) is 234 Å². The van der Waals surface area contributed by atoms with Gasteiger partial charge >= 0.3 is 5.97 Å². The molecule has 0 aromatic heterocycles. The Labute approximate surface area is 338 Å². The zero-order valence-electron chi connectivity index (χ0n) is 36.3. The number of hydrogen-bond donors (Lipinski definition) is 0. The van der Waals surface area contributed by atoms with Crippen LogP contribution in [0.4, 0.5) is 0 Å². The van der Waals surface area contributed by atoms with E-state index in [2.05, 4.69) is 60.3 Å². The van der Waals surface area contributed by atoms with Gasteiger partial charge in [0.25, 0.3) is 0 Å². The van der Waals surface area contributed by atoms with Gasteiger partial charge in [0.2, 0.25) is 0 Å². The van der Waals surface area contributed by atoms with Crippen LogP contribution < -0.4 is 0 Å². The van der Waals surface area contributed by atoms with Crippen LogP contribution in [0, 0.1) is 16.7 Å². The molecule has 0 saturated carbocycles. The van der Waals surface area contributed by atoms with Crippen molar-refractivity contribution in [2.75, 3.05) is 24.6 Å². The molecule has 1 aliphatic heterocycles. The van der Waals surface area contributed by atoms with E-state index < -0.39 is 0 Å². The maximum Gasteiger partial charge on any atom is 0.309 e. The predicted molar refractivity (Wildman–Crippen MR) is 234 cm³/mol. The van der Waals surface area contributed by atoms with Crippen LogP contribution in [0.15, 0.2) is 0 Å². The molecule has 1 fully saturated rings. The van der Waals surface area contributed by atoms with Crippen molar-refractivity contribution in [2.24, 2.45) is 16.7 Å². The summed E-state index contributed by atoms with van der Waals surface area (Å²) in [5, 5.41) is 0.686. The van der Waals surface area contributed by atoms with Crippen molar-refractivity contribution >= 4 is 39.7 Å². The quantitative estimate of drug-likeness (QED) is 0.0485. The minimum atomic E-state index is -0.288. The van der Waals surface area contributed by atoms with Gasteiger partial charge in [-0.15, -0.1) is 0 Å². The van der Waals surface area contributed by atoms with E-state index in [1.807, 2.05) is 0 Å². The van der Waals surface area contributed by atoms with Gasteiger partial charge in [0.1, 0.15) is 6.10 Å². The standard InChI is InChI=1S/C46H87NO4S2/c1-9-11-13-15-17-19-27-37-52-43(49)45(5,6)33-25-21-23-29-41(51-42(48)40-31-35-47(36-32-40)39(3)4)30-24-22-26-34-46(7,8)44(50)53-38-28-20-18-16-14-12-10-2/h39-41H,9-38H2,1-8H3. The Morgan fingerprint density at radius 1 is 0.585 bits per heavy atom. The summed E-state index contributed by atoms with van der Waals surface area (Å²) in [6.45, 7) is 19.4. The summed E-state index contributed by atoms with van der Waals surface area (Å²) in [6.07, 6.45) is 29.6. The number of hydrogen-bond acceptors (Lipinski definition) is 7. The summed E-state index contributed by atoms with van der Waals surface area (Å²) < 4.78 is 6.27. The Balaban J connectivity index is 2.48. The molecule has 312 valence electrons. The van der Waals surface area contributed by atoms with Crippen molar-refractivity contribution in [1.82, 2.24) is 4.90 Å². The van der Waals surface area contributed by atoms with Gasteiger partial charge in [-0.1, -0.05) is 168 Å². The van der Waals surface area contributed by atoms with E-state index >= 15 is 0 Å². The largest absolute Gasteiger partial charge is 0.462 e. The summed E-state index contributed by atoms with van der Waals surface area (Å²) in [5.74, 6) is 1.92. The SMILES string of the molecule is CCCCCCCCCSC(=O)C(C)(C)CCCCCC(CCCCCC(C)(C)C(=O)SCCCCCCCCC)OC(=O)C1CCN(C(C)C)CC1. The zero-order chi connectivity index (χ0) is 39.4. The van der Waals surface area contributed by atoms with E-state index in [-0.39, 0.29) is 28.8 Å². The van der Waals surface area contributed by atoms with Crippen molar-refractivity contribution in [1.29, 1.82) is 0 Å². The predicted octanol–water partition coefficient (Wildman–Crippen LogP) is 14.0. The monoisotopic (exact) mass is 782 g/mol. The van der Waals surface area contributed by atoms with E-state index in [1.54, 1.807) is 23.5 Å². The van der Waals surface area contributed by atoms with Crippen molar-refractivity contribution < 1.29 is 19.1 Å². The highest BCUT2D eigenvalue weighted by Gasteiger charge is 2.30. The molecule has 0 N–H and O–H groups in total. The second kappa shape index (κ2) is 30.6. The lowest BCUT2D eigenvalue weighted by Crippen LogP contribution is -2.41. The van der Waals surface area contributed by atoms with Gasteiger partial charge in [-0.2, -0.15) is 0 Å². The molecule has 0 aliphatic carbocycles. The highest BCUT2D eigenvalue weighted by Crippen LogP contribution is 2.33. The topological polar surface area (TPSA) is 63.7 Å². The average Bonchev–Trinajstić information content (AvgIpc) is 3.12. The molecule has 0 aromatic carbocycles. The smallest absolute Gasteiger partial charge is 0.309 e. The number of esters is 1. The molecule has 0 atom stereocenters. The first-order chi connectivity index (χ1) is 25.3. The molecule has 0 radical (unpaired) electrons. The summed E-state index contributed by atoms with van der Waals surface area (Å²) in [4.78, 5) is 41.8. The molecule has 0 amide bonds. The third-order valence-corrected chi connectivity index (χ3v) is 14.2. The third-order valence-electron chi connectivity index (χ3n) is 11.6. The lowest BCUT2D eigenvalue weighted by Gasteiger charge is -2.34. The van der Waals surface area contributed by atoms with Crippen LogP contribution in [-0.4, -0.2) is 57.8 Å². The molecular weight excluding hydrogens is 695 g/mol. The van der Waals surface area contributed by atoms with E-state index in [9.17, 15) is 14.4 Å². The van der Waals surface area contributed by atoms with Crippen LogP contribution in [0.1, 0.15) is 222 Å². The van der Waals surface area contributed by atoms with Crippen molar-refractivity contribution in [3.05, 3.63) is 0 Å². The fraction of sp³-hybridized carbons (Fsp3) is 0.935. The van der Waals surface area contributed by atoms with Crippen LogP contribution >= 0.6 is 23.5 Å². The van der Waals surface area contributed by atoms with Gasteiger partial charge in [-0.3, -0.25) is 14.4 Å². The van der Waals surface area contributed by atoms with Gasteiger partial charge in [0.05, 0.1) is 5.92 Å². The third kappa shape index (κ3) is 24.7. The highest BCUT2D eigenvalue weighted by molar-refractivity contribution is 8.14. The Hall–Kier alpha value is -0.530. The molecule has 53 heavy (non-hydrogen) atoms. The Morgan fingerprint density at radius 3 is 1.36 bits per heavy atom. The van der Waals surface area contributed by atoms with Gasteiger partial charge < -0.3 is 9.64 Å². The fourth-order valence-corrected chi connectivity index (χ4v) is 9.50. The molecule has 1 heterocycles. The number of thioether (sulfide) groups is 2. The molecule has 0 unspecified atom stereocenters. The van der Waals surface area contributed by atoms with E-state index in [0.717, 1.165) is 114 Å². The summed E-state index contributed by atoms with van der Waals surface area (Å²) in [5.41, 5.74) is -0.575. The average molecular weight is 782 g/mol. The molecular formula is C46H87NO4S2. The minimum absolute atomic E-state index is 0.00725. The number of rotatable bonds is 33. The van der Waals surface area contributed by atoms with Crippen LogP contribution in [0.2, 0.25) is 0 Å². The first kappa shape index (κ1) is 50.5. The number of carbonyl (C=O) groups is 3. The second-order valence-electron chi connectivity index (χ2n) is 17.9. The number of ether oxygens (including phenoxy) is 1. The van der Waals surface area contributed by atoms with Gasteiger partial charge in [0, 0.05) is 28.4 Å². The van der Waals surface area contributed by atoms with E-state index in [0.29, 0.717) is 16.3 Å². The molecule has 1 saturated heterocycles. The van der Waals surface area contributed by atoms with Crippen LogP contribution in [0.5, 0.6) is 0 Å². The number of piperidine rings is 1. The van der Waals surface area contributed by atoms with Gasteiger partial charge in [-0.25, -0.2) is 0 Å². The molecule has 0 bridgehead atoms. The first-order valence-corrected chi connectivity index (χ1v) is 24.6. The fourth-order valence-electron chi connectivity index (χ4n) is 7.45. The number of likely N-dealkylation sites (tertiary alicyclic amines) is 1.